The first-order chi connectivity index (χ1) is 11.6. The smallest absolute Gasteiger partial charge is 0.244 e. The van der Waals surface area contributed by atoms with Crippen LogP contribution in [0.5, 0.6) is 0 Å². The van der Waals surface area contributed by atoms with Crippen LogP contribution < -0.4 is 15.2 Å². The van der Waals surface area contributed by atoms with E-state index in [1.807, 2.05) is 0 Å². The highest BCUT2D eigenvalue weighted by molar-refractivity contribution is 7.90. The van der Waals surface area contributed by atoms with E-state index in [0.29, 0.717) is 5.56 Å². The van der Waals surface area contributed by atoms with Crippen LogP contribution in [0, 0.1) is 5.82 Å². The van der Waals surface area contributed by atoms with Crippen molar-refractivity contribution in [2.45, 2.75) is 22.4 Å². The first-order valence-corrected chi connectivity index (χ1v) is 10.4. The van der Waals surface area contributed by atoms with Gasteiger partial charge in [0.1, 0.15) is 15.6 Å². The summed E-state index contributed by atoms with van der Waals surface area (Å²) in [5.74, 6) is -0.395. The first-order valence-electron chi connectivity index (χ1n) is 6.96. The molecule has 11 heteroatoms. The number of benzene rings is 2. The molecular weight excluding hydrogens is 393 g/mol. The Morgan fingerprint density at radius 1 is 1.20 bits per heavy atom. The maximum absolute atomic E-state index is 13.0. The molecule has 1 aliphatic heterocycles. The van der Waals surface area contributed by atoms with Crippen molar-refractivity contribution in [3.63, 3.8) is 0 Å². The lowest BCUT2D eigenvalue weighted by Crippen LogP contribution is -2.46. The molecule has 0 saturated heterocycles. The summed E-state index contributed by atoms with van der Waals surface area (Å²) >= 11 is 5.91. The van der Waals surface area contributed by atoms with Gasteiger partial charge in [0.25, 0.3) is 0 Å². The fourth-order valence-electron chi connectivity index (χ4n) is 2.50. The van der Waals surface area contributed by atoms with Crippen LogP contribution in [0.3, 0.4) is 0 Å². The normalized spacial score (nSPS) is 19.1. The third-order valence-electron chi connectivity index (χ3n) is 3.61. The summed E-state index contributed by atoms with van der Waals surface area (Å²) in [6, 6.07) is 7.74. The second-order valence-electron chi connectivity index (χ2n) is 5.47. The van der Waals surface area contributed by atoms with Gasteiger partial charge in [0.15, 0.2) is 0 Å². The Bertz CT molecular complexity index is 1040. The van der Waals surface area contributed by atoms with E-state index in [1.54, 1.807) is 0 Å². The first kappa shape index (κ1) is 18.1. The van der Waals surface area contributed by atoms with Crippen molar-refractivity contribution >= 4 is 37.3 Å². The quantitative estimate of drug-likeness (QED) is 0.713. The van der Waals surface area contributed by atoms with Gasteiger partial charge in [-0.3, -0.25) is 0 Å². The molecule has 0 bridgehead atoms. The highest BCUT2D eigenvalue weighted by Gasteiger charge is 2.31. The molecule has 134 valence electrons. The van der Waals surface area contributed by atoms with Crippen LogP contribution in [0.15, 0.2) is 46.2 Å². The maximum Gasteiger partial charge on any atom is 0.244 e. The molecule has 25 heavy (non-hydrogen) atoms. The molecule has 2 aromatic rings. The van der Waals surface area contributed by atoms with Gasteiger partial charge in [-0.15, -0.1) is 0 Å². The van der Waals surface area contributed by atoms with E-state index < -0.39 is 36.9 Å². The highest BCUT2D eigenvalue weighted by Crippen LogP contribution is 2.33. The van der Waals surface area contributed by atoms with Crippen molar-refractivity contribution in [3.8, 4) is 0 Å². The molecule has 7 nitrogen and oxygen atoms in total. The molecule has 1 atom stereocenters. The van der Waals surface area contributed by atoms with Crippen LogP contribution in [0.2, 0.25) is 5.02 Å². The Morgan fingerprint density at radius 3 is 2.44 bits per heavy atom. The zero-order valence-electron chi connectivity index (χ0n) is 12.5. The van der Waals surface area contributed by atoms with Gasteiger partial charge in [-0.05, 0) is 29.8 Å². The number of primary sulfonamides is 1. The van der Waals surface area contributed by atoms with Crippen molar-refractivity contribution < 1.29 is 21.2 Å². The fourth-order valence-corrected chi connectivity index (χ4v) is 5.00. The molecule has 0 saturated carbocycles. The third-order valence-corrected chi connectivity index (χ3v) is 6.50. The molecule has 0 aromatic heterocycles. The van der Waals surface area contributed by atoms with Crippen LogP contribution >= 0.6 is 11.6 Å². The number of hydrogen-bond donors (Lipinski definition) is 3. The SMILES string of the molecule is NS(=O)(=O)c1cc2c(cc1Cl)N[C@@H](Cc1ccc(F)cc1)NS2(=O)=O. The molecule has 0 aliphatic carbocycles. The summed E-state index contributed by atoms with van der Waals surface area (Å²) in [6.07, 6.45) is -0.465. The number of sulfonamides is 2. The van der Waals surface area contributed by atoms with Gasteiger partial charge in [-0.25, -0.2) is 26.4 Å². The molecule has 1 heterocycles. The predicted molar refractivity (Wildman–Crippen MR) is 90.7 cm³/mol. The summed E-state index contributed by atoms with van der Waals surface area (Å²) in [5, 5.41) is 7.79. The number of hydrogen-bond acceptors (Lipinski definition) is 5. The van der Waals surface area contributed by atoms with E-state index in [1.165, 1.54) is 30.3 Å². The third kappa shape index (κ3) is 3.77. The molecule has 0 spiro atoms. The van der Waals surface area contributed by atoms with Crippen molar-refractivity contribution in [1.29, 1.82) is 0 Å². The van der Waals surface area contributed by atoms with Gasteiger partial charge in [0.05, 0.1) is 16.9 Å². The lowest BCUT2D eigenvalue weighted by molar-refractivity contribution is 0.554. The summed E-state index contributed by atoms with van der Waals surface area (Å²) < 4.78 is 63.2. The summed E-state index contributed by atoms with van der Waals surface area (Å²) in [4.78, 5) is -0.742. The predicted octanol–water partition coefficient (Wildman–Crippen LogP) is 1.40. The molecule has 2 aromatic carbocycles. The van der Waals surface area contributed by atoms with Crippen LogP contribution in [0.25, 0.3) is 0 Å². The molecule has 0 radical (unpaired) electrons. The Hall–Kier alpha value is -1.72. The van der Waals surface area contributed by atoms with Crippen LogP contribution in [0.4, 0.5) is 10.1 Å². The monoisotopic (exact) mass is 405 g/mol. The second kappa shape index (κ2) is 6.22. The fraction of sp³-hybridized carbons (Fsp3) is 0.143. The zero-order chi connectivity index (χ0) is 18.4. The van der Waals surface area contributed by atoms with Crippen molar-refractivity contribution in [3.05, 3.63) is 52.8 Å². The minimum Gasteiger partial charge on any atom is -0.367 e. The topological polar surface area (TPSA) is 118 Å². The number of anilines is 1. The zero-order valence-corrected chi connectivity index (χ0v) is 14.9. The summed E-state index contributed by atoms with van der Waals surface area (Å²) in [5.41, 5.74) is 0.862. The minimum absolute atomic E-state index is 0.156. The Labute approximate surface area is 149 Å². The number of fused-ring (bicyclic) bond motifs is 1. The summed E-state index contributed by atoms with van der Waals surface area (Å²) in [6.45, 7) is 0. The van der Waals surface area contributed by atoms with E-state index in [0.717, 1.165) is 6.07 Å². The van der Waals surface area contributed by atoms with E-state index >= 15 is 0 Å². The molecule has 4 N–H and O–H groups in total. The number of nitrogens with two attached hydrogens (primary N) is 1. The van der Waals surface area contributed by atoms with Gasteiger partial charge < -0.3 is 5.32 Å². The van der Waals surface area contributed by atoms with Crippen molar-refractivity contribution in [1.82, 2.24) is 4.72 Å². The largest absolute Gasteiger partial charge is 0.367 e. The van der Waals surface area contributed by atoms with E-state index in [2.05, 4.69) is 10.0 Å². The minimum atomic E-state index is -4.17. The van der Waals surface area contributed by atoms with Crippen LogP contribution in [-0.4, -0.2) is 23.0 Å². The van der Waals surface area contributed by atoms with Crippen molar-refractivity contribution in [2.24, 2.45) is 5.14 Å². The van der Waals surface area contributed by atoms with Gasteiger partial charge in [-0.2, -0.15) is 4.72 Å². The number of rotatable bonds is 3. The molecule has 1 aliphatic rings. The van der Waals surface area contributed by atoms with Gasteiger partial charge in [0.2, 0.25) is 20.0 Å². The van der Waals surface area contributed by atoms with Gasteiger partial charge >= 0.3 is 0 Å². The van der Waals surface area contributed by atoms with E-state index in [4.69, 9.17) is 16.7 Å². The lowest BCUT2D eigenvalue weighted by atomic mass is 10.1. The second-order valence-corrected chi connectivity index (χ2v) is 9.09. The Kier molecular flexibility index (Phi) is 4.50. The average molecular weight is 406 g/mol. The molecule has 3 rings (SSSR count). The van der Waals surface area contributed by atoms with E-state index in [-0.39, 0.29) is 22.0 Å². The molecule has 0 unspecified atom stereocenters. The Balaban J connectivity index is 1.98. The average Bonchev–Trinajstić information content (AvgIpc) is 2.47. The summed E-state index contributed by atoms with van der Waals surface area (Å²) in [7, 11) is -8.16. The van der Waals surface area contributed by atoms with Crippen molar-refractivity contribution in [2.75, 3.05) is 5.32 Å². The standard InChI is InChI=1S/C14H13ClFN3O4S2/c15-10-6-11-13(7-12(10)24(17,20)21)25(22,23)19-14(18-11)5-8-1-3-9(16)4-2-8/h1-4,6-7,14,18-19H,5H2,(H2,17,20,21)/t14-/m1/s1. The number of nitrogens with one attached hydrogen (secondary N) is 2. The van der Waals surface area contributed by atoms with Gasteiger partial charge in [-0.1, -0.05) is 23.7 Å². The van der Waals surface area contributed by atoms with Crippen LogP contribution in [0.1, 0.15) is 5.56 Å². The maximum atomic E-state index is 13.0. The van der Waals surface area contributed by atoms with E-state index in [9.17, 15) is 21.2 Å². The molecule has 0 amide bonds. The molecular formula is C14H13ClFN3O4S2. The van der Waals surface area contributed by atoms with Gasteiger partial charge in [0, 0.05) is 6.42 Å². The van der Waals surface area contributed by atoms with Crippen LogP contribution in [-0.2, 0) is 26.5 Å². The molecule has 0 fully saturated rings. The highest BCUT2D eigenvalue weighted by atomic mass is 35.5. The number of halogens is 2. The Morgan fingerprint density at radius 2 is 1.84 bits per heavy atom. The lowest BCUT2D eigenvalue weighted by Gasteiger charge is -2.28.